The molecule has 2 N–H and O–H groups in total. The topological polar surface area (TPSA) is 32.3 Å². The molecule has 2 heteroatoms. The summed E-state index contributed by atoms with van der Waals surface area (Å²) in [7, 11) is 0. The number of hydrogen-bond donors (Lipinski definition) is 2. The van der Waals surface area contributed by atoms with Crippen molar-refractivity contribution in [3.63, 3.8) is 0 Å². The fourth-order valence-electron chi connectivity index (χ4n) is 2.96. The Hall–Kier alpha value is -0.0800. The van der Waals surface area contributed by atoms with Crippen LogP contribution in [0.25, 0.3) is 0 Å². The Labute approximate surface area is 101 Å². The van der Waals surface area contributed by atoms with Crippen LogP contribution in [0, 0.1) is 11.8 Å². The zero-order valence-corrected chi connectivity index (χ0v) is 11.2. The van der Waals surface area contributed by atoms with Gasteiger partial charge in [-0.3, -0.25) is 0 Å². The van der Waals surface area contributed by atoms with Crippen molar-refractivity contribution in [2.24, 2.45) is 11.8 Å². The second-order valence-electron chi connectivity index (χ2n) is 5.45. The first-order valence-electron chi connectivity index (χ1n) is 7.10. The minimum Gasteiger partial charge on any atom is -0.393 e. The lowest BCUT2D eigenvalue weighted by atomic mass is 9.94. The van der Waals surface area contributed by atoms with Crippen LogP contribution in [0.15, 0.2) is 0 Å². The third kappa shape index (κ3) is 4.06. The van der Waals surface area contributed by atoms with E-state index in [0.717, 1.165) is 18.9 Å². The fraction of sp³-hybridized carbons (Fsp3) is 1.00. The van der Waals surface area contributed by atoms with Gasteiger partial charge < -0.3 is 10.4 Å². The molecule has 0 saturated heterocycles. The van der Waals surface area contributed by atoms with Crippen LogP contribution in [0.4, 0.5) is 0 Å². The Balaban J connectivity index is 2.27. The molecule has 0 aromatic heterocycles. The minimum absolute atomic E-state index is 0.0495. The van der Waals surface area contributed by atoms with E-state index in [2.05, 4.69) is 26.1 Å². The van der Waals surface area contributed by atoms with Crippen LogP contribution in [0.5, 0.6) is 0 Å². The Morgan fingerprint density at radius 3 is 2.56 bits per heavy atom. The number of hydrogen-bond acceptors (Lipinski definition) is 2. The number of rotatable bonds is 7. The van der Waals surface area contributed by atoms with Crippen molar-refractivity contribution in [2.75, 3.05) is 6.54 Å². The molecule has 96 valence electrons. The standard InChI is InChI=1S/C14H29NO/c1-4-7-11(3)13(5-2)15-10-12-8-6-9-14(12)16/h11-16H,4-10H2,1-3H3. The van der Waals surface area contributed by atoms with Crippen LogP contribution in [0.2, 0.25) is 0 Å². The Morgan fingerprint density at radius 1 is 1.31 bits per heavy atom. The Kier molecular flexibility index (Phi) is 6.37. The van der Waals surface area contributed by atoms with Crippen molar-refractivity contribution in [1.29, 1.82) is 0 Å². The summed E-state index contributed by atoms with van der Waals surface area (Å²) in [4.78, 5) is 0. The molecule has 4 atom stereocenters. The van der Waals surface area contributed by atoms with E-state index in [-0.39, 0.29) is 6.10 Å². The Bertz CT molecular complexity index is 184. The van der Waals surface area contributed by atoms with E-state index in [1.54, 1.807) is 0 Å². The van der Waals surface area contributed by atoms with Crippen molar-refractivity contribution >= 4 is 0 Å². The second kappa shape index (κ2) is 7.29. The highest BCUT2D eigenvalue weighted by Gasteiger charge is 2.26. The van der Waals surface area contributed by atoms with Gasteiger partial charge in [-0.25, -0.2) is 0 Å². The lowest BCUT2D eigenvalue weighted by Crippen LogP contribution is -2.39. The van der Waals surface area contributed by atoms with Crippen molar-refractivity contribution in [3.05, 3.63) is 0 Å². The molecule has 16 heavy (non-hydrogen) atoms. The van der Waals surface area contributed by atoms with E-state index in [0.29, 0.717) is 12.0 Å². The maximum Gasteiger partial charge on any atom is 0.0580 e. The molecule has 1 fully saturated rings. The molecule has 0 amide bonds. The normalized spacial score (nSPS) is 29.2. The molecule has 2 nitrogen and oxygen atoms in total. The monoisotopic (exact) mass is 227 g/mol. The summed E-state index contributed by atoms with van der Waals surface area (Å²) in [6.07, 6.45) is 7.13. The van der Waals surface area contributed by atoms with E-state index in [4.69, 9.17) is 0 Å². The predicted molar refractivity (Wildman–Crippen MR) is 69.5 cm³/mol. The van der Waals surface area contributed by atoms with Crippen molar-refractivity contribution < 1.29 is 5.11 Å². The van der Waals surface area contributed by atoms with Gasteiger partial charge in [0.2, 0.25) is 0 Å². The lowest BCUT2D eigenvalue weighted by molar-refractivity contribution is 0.127. The quantitative estimate of drug-likeness (QED) is 0.701. The molecule has 0 bridgehead atoms. The van der Waals surface area contributed by atoms with Gasteiger partial charge in [-0.15, -0.1) is 0 Å². The number of aliphatic hydroxyl groups is 1. The van der Waals surface area contributed by atoms with Gasteiger partial charge in [0.15, 0.2) is 0 Å². The zero-order chi connectivity index (χ0) is 12.0. The molecular formula is C14H29NO. The second-order valence-corrected chi connectivity index (χ2v) is 5.45. The van der Waals surface area contributed by atoms with Gasteiger partial charge in [0.25, 0.3) is 0 Å². The van der Waals surface area contributed by atoms with E-state index < -0.39 is 0 Å². The Morgan fingerprint density at radius 2 is 2.06 bits per heavy atom. The van der Waals surface area contributed by atoms with Crippen LogP contribution in [-0.4, -0.2) is 23.8 Å². The molecule has 0 spiro atoms. The van der Waals surface area contributed by atoms with Crippen LogP contribution in [0.3, 0.4) is 0 Å². The van der Waals surface area contributed by atoms with Gasteiger partial charge in [0.05, 0.1) is 6.10 Å². The summed E-state index contributed by atoms with van der Waals surface area (Å²) in [5.74, 6) is 1.26. The lowest BCUT2D eigenvalue weighted by Gasteiger charge is -2.26. The first kappa shape index (κ1) is 14.0. The molecule has 0 aromatic rings. The molecule has 0 radical (unpaired) electrons. The molecule has 0 aromatic carbocycles. The molecule has 1 saturated carbocycles. The van der Waals surface area contributed by atoms with Gasteiger partial charge in [-0.1, -0.05) is 33.6 Å². The maximum atomic E-state index is 9.78. The van der Waals surface area contributed by atoms with Crippen LogP contribution in [-0.2, 0) is 0 Å². The van der Waals surface area contributed by atoms with E-state index >= 15 is 0 Å². The summed E-state index contributed by atoms with van der Waals surface area (Å²) in [6, 6.07) is 0.632. The molecule has 0 aliphatic heterocycles. The van der Waals surface area contributed by atoms with E-state index in [9.17, 15) is 5.11 Å². The van der Waals surface area contributed by atoms with Crippen molar-refractivity contribution in [3.8, 4) is 0 Å². The smallest absolute Gasteiger partial charge is 0.0580 e. The van der Waals surface area contributed by atoms with Gasteiger partial charge in [-0.2, -0.15) is 0 Å². The molecule has 0 heterocycles. The predicted octanol–water partition coefficient (Wildman–Crippen LogP) is 2.95. The third-order valence-corrected chi connectivity index (χ3v) is 4.13. The van der Waals surface area contributed by atoms with Gasteiger partial charge in [0.1, 0.15) is 0 Å². The minimum atomic E-state index is -0.0495. The largest absolute Gasteiger partial charge is 0.393 e. The molecule has 1 aliphatic carbocycles. The van der Waals surface area contributed by atoms with Crippen LogP contribution in [0.1, 0.15) is 59.3 Å². The first-order chi connectivity index (χ1) is 7.69. The highest BCUT2D eigenvalue weighted by molar-refractivity contribution is 4.81. The first-order valence-corrected chi connectivity index (χ1v) is 7.10. The average Bonchev–Trinajstić information content (AvgIpc) is 2.66. The summed E-state index contributed by atoms with van der Waals surface area (Å²) < 4.78 is 0. The molecule has 1 rings (SSSR count). The summed E-state index contributed by atoms with van der Waals surface area (Å²) in [5.41, 5.74) is 0. The summed E-state index contributed by atoms with van der Waals surface area (Å²) in [6.45, 7) is 7.86. The SMILES string of the molecule is CCCC(C)C(CC)NCC1CCCC1O. The van der Waals surface area contributed by atoms with Gasteiger partial charge in [0, 0.05) is 12.6 Å². The number of nitrogens with one attached hydrogen (secondary N) is 1. The van der Waals surface area contributed by atoms with E-state index in [1.165, 1.54) is 32.1 Å². The van der Waals surface area contributed by atoms with E-state index in [1.807, 2.05) is 0 Å². The van der Waals surface area contributed by atoms with Crippen LogP contribution >= 0.6 is 0 Å². The maximum absolute atomic E-state index is 9.78. The number of aliphatic hydroxyl groups excluding tert-OH is 1. The fourth-order valence-corrected chi connectivity index (χ4v) is 2.96. The average molecular weight is 227 g/mol. The molecule has 1 aliphatic rings. The highest BCUT2D eigenvalue weighted by atomic mass is 16.3. The van der Waals surface area contributed by atoms with Crippen molar-refractivity contribution in [1.82, 2.24) is 5.32 Å². The van der Waals surface area contributed by atoms with Crippen molar-refractivity contribution in [2.45, 2.75) is 71.4 Å². The molecule has 4 unspecified atom stereocenters. The van der Waals surface area contributed by atoms with Crippen LogP contribution < -0.4 is 5.32 Å². The highest BCUT2D eigenvalue weighted by Crippen LogP contribution is 2.25. The summed E-state index contributed by atoms with van der Waals surface area (Å²) in [5, 5.41) is 13.4. The van der Waals surface area contributed by atoms with Gasteiger partial charge >= 0.3 is 0 Å². The third-order valence-electron chi connectivity index (χ3n) is 4.13. The van der Waals surface area contributed by atoms with Gasteiger partial charge in [-0.05, 0) is 37.5 Å². The zero-order valence-electron chi connectivity index (χ0n) is 11.2. The summed E-state index contributed by atoms with van der Waals surface area (Å²) >= 11 is 0. The molecular weight excluding hydrogens is 198 g/mol.